The average molecular weight is 369 g/mol. The molecule has 25 heavy (non-hydrogen) atoms. The fourth-order valence-corrected chi connectivity index (χ4v) is 3.35. The van der Waals surface area contributed by atoms with Crippen molar-refractivity contribution >= 4 is 52.0 Å². The highest BCUT2D eigenvalue weighted by atomic mass is 35.5. The van der Waals surface area contributed by atoms with Crippen LogP contribution in [0.4, 0.5) is 17.1 Å². The van der Waals surface area contributed by atoms with Gasteiger partial charge in [0.2, 0.25) is 0 Å². The molecule has 1 heterocycles. The zero-order valence-corrected chi connectivity index (χ0v) is 15.5. The predicted octanol–water partition coefficient (Wildman–Crippen LogP) is 5.80. The van der Waals surface area contributed by atoms with E-state index in [1.807, 2.05) is 61.8 Å². The van der Waals surface area contributed by atoms with E-state index in [0.717, 1.165) is 28.8 Å². The molecular weight excluding hydrogens is 352 g/mol. The molecule has 126 valence electrons. The lowest BCUT2D eigenvalue weighted by molar-refractivity contribution is -0.102. The van der Waals surface area contributed by atoms with Gasteiger partial charge in [0.15, 0.2) is 6.29 Å². The number of thiophene rings is 1. The van der Waals surface area contributed by atoms with Gasteiger partial charge in [-0.15, -0.1) is 0 Å². The standard InChI is InChI=1S/C20H17ClN2OS/c1-14-11-15(7-8-18(14)21)22-19(12-24)17-5-3-4-6-20(17)23(2)16-9-10-25-13-16/h3-13H,1-2H3. The molecule has 0 saturated carbocycles. The third-order valence-corrected chi connectivity index (χ3v) is 5.03. The smallest absolute Gasteiger partial charge is 0.169 e. The molecule has 3 rings (SSSR count). The molecular formula is C20H17ClN2OS. The van der Waals surface area contributed by atoms with E-state index in [4.69, 9.17) is 11.6 Å². The van der Waals surface area contributed by atoms with Crippen LogP contribution in [0.15, 0.2) is 64.3 Å². The summed E-state index contributed by atoms with van der Waals surface area (Å²) in [4.78, 5) is 18.3. The van der Waals surface area contributed by atoms with E-state index in [1.54, 1.807) is 17.4 Å². The maximum atomic E-state index is 11.7. The number of carbonyl (C=O) groups is 1. The minimum absolute atomic E-state index is 0.388. The van der Waals surface area contributed by atoms with Crippen LogP contribution in [0.1, 0.15) is 11.1 Å². The topological polar surface area (TPSA) is 32.7 Å². The van der Waals surface area contributed by atoms with Gasteiger partial charge in [-0.3, -0.25) is 4.79 Å². The van der Waals surface area contributed by atoms with Crippen LogP contribution in [0.2, 0.25) is 5.02 Å². The molecule has 0 bridgehead atoms. The van der Waals surface area contributed by atoms with Crippen LogP contribution in [0.3, 0.4) is 0 Å². The van der Waals surface area contributed by atoms with Gasteiger partial charge in [-0.05, 0) is 48.2 Å². The van der Waals surface area contributed by atoms with Crippen LogP contribution in [0.5, 0.6) is 0 Å². The van der Waals surface area contributed by atoms with Crippen molar-refractivity contribution in [1.29, 1.82) is 0 Å². The number of nitrogens with zero attached hydrogens (tertiary/aromatic N) is 2. The normalized spacial score (nSPS) is 11.4. The first-order valence-electron chi connectivity index (χ1n) is 7.75. The van der Waals surface area contributed by atoms with E-state index >= 15 is 0 Å². The van der Waals surface area contributed by atoms with E-state index in [1.165, 1.54) is 0 Å². The molecule has 1 aromatic heterocycles. The number of halogens is 1. The quantitative estimate of drug-likeness (QED) is 0.421. The Bertz CT molecular complexity index is 919. The largest absolute Gasteiger partial charge is 0.343 e. The summed E-state index contributed by atoms with van der Waals surface area (Å²) in [6.07, 6.45) is 0.796. The highest BCUT2D eigenvalue weighted by Gasteiger charge is 2.14. The minimum atomic E-state index is 0.388. The molecule has 0 spiro atoms. The summed E-state index contributed by atoms with van der Waals surface area (Å²) in [5, 5.41) is 4.78. The molecule has 0 aliphatic rings. The molecule has 3 aromatic rings. The van der Waals surface area contributed by atoms with Crippen molar-refractivity contribution in [2.45, 2.75) is 6.92 Å². The van der Waals surface area contributed by atoms with Crippen molar-refractivity contribution in [1.82, 2.24) is 0 Å². The summed E-state index contributed by atoms with van der Waals surface area (Å²) in [6, 6.07) is 15.3. The molecule has 0 aliphatic carbocycles. The molecule has 2 aromatic carbocycles. The zero-order chi connectivity index (χ0) is 17.8. The number of aldehydes is 1. The Morgan fingerprint density at radius 1 is 1.20 bits per heavy atom. The van der Waals surface area contributed by atoms with Crippen LogP contribution < -0.4 is 4.90 Å². The SMILES string of the molecule is Cc1cc(N=C(C=O)c2ccccc2N(C)c2ccsc2)ccc1Cl. The fourth-order valence-electron chi connectivity index (χ4n) is 2.56. The first-order chi connectivity index (χ1) is 12.1. The molecule has 0 saturated heterocycles. The Morgan fingerprint density at radius 3 is 2.68 bits per heavy atom. The lowest BCUT2D eigenvalue weighted by Gasteiger charge is -2.21. The van der Waals surface area contributed by atoms with Crippen LogP contribution in [0.25, 0.3) is 0 Å². The molecule has 0 atom stereocenters. The van der Waals surface area contributed by atoms with Crippen molar-refractivity contribution in [2.75, 3.05) is 11.9 Å². The van der Waals surface area contributed by atoms with Crippen molar-refractivity contribution in [2.24, 2.45) is 4.99 Å². The summed E-state index contributed by atoms with van der Waals surface area (Å²) >= 11 is 7.70. The Hall–Kier alpha value is -2.43. The summed E-state index contributed by atoms with van der Waals surface area (Å²) in [5.74, 6) is 0. The molecule has 0 N–H and O–H groups in total. The first-order valence-corrected chi connectivity index (χ1v) is 9.07. The fraction of sp³-hybridized carbons (Fsp3) is 0.100. The van der Waals surface area contributed by atoms with Gasteiger partial charge in [0.25, 0.3) is 0 Å². The number of rotatable bonds is 5. The number of carbonyl (C=O) groups excluding carboxylic acids is 1. The summed E-state index contributed by atoms with van der Waals surface area (Å²) in [7, 11) is 1.98. The summed E-state index contributed by atoms with van der Waals surface area (Å²) in [6.45, 7) is 1.92. The number of aryl methyl sites for hydroxylation is 1. The van der Waals surface area contributed by atoms with Crippen molar-refractivity contribution in [3.8, 4) is 0 Å². The van der Waals surface area contributed by atoms with Gasteiger partial charge in [-0.2, -0.15) is 11.3 Å². The van der Waals surface area contributed by atoms with Gasteiger partial charge >= 0.3 is 0 Å². The molecule has 0 amide bonds. The van der Waals surface area contributed by atoms with Gasteiger partial charge in [0.1, 0.15) is 5.71 Å². The third-order valence-electron chi connectivity index (χ3n) is 3.94. The van der Waals surface area contributed by atoms with Gasteiger partial charge in [-0.25, -0.2) is 4.99 Å². The van der Waals surface area contributed by atoms with Crippen molar-refractivity contribution in [3.63, 3.8) is 0 Å². The number of hydrogen-bond acceptors (Lipinski definition) is 4. The molecule has 0 fully saturated rings. The van der Waals surface area contributed by atoms with Crippen molar-refractivity contribution < 1.29 is 4.79 Å². The Balaban J connectivity index is 2.05. The van der Waals surface area contributed by atoms with Crippen LogP contribution >= 0.6 is 22.9 Å². The van der Waals surface area contributed by atoms with Crippen molar-refractivity contribution in [3.05, 3.63) is 75.4 Å². The van der Waals surface area contributed by atoms with E-state index in [0.29, 0.717) is 16.4 Å². The lowest BCUT2D eigenvalue weighted by atomic mass is 10.1. The highest BCUT2D eigenvalue weighted by Crippen LogP contribution is 2.30. The molecule has 0 radical (unpaired) electrons. The maximum Gasteiger partial charge on any atom is 0.169 e. The van der Waals surface area contributed by atoms with Gasteiger partial charge in [0.05, 0.1) is 17.1 Å². The number of hydrogen-bond donors (Lipinski definition) is 0. The number of benzene rings is 2. The summed E-state index contributed by atoms with van der Waals surface area (Å²) < 4.78 is 0. The second-order valence-corrected chi connectivity index (χ2v) is 6.79. The maximum absolute atomic E-state index is 11.7. The van der Waals surface area contributed by atoms with E-state index in [2.05, 4.69) is 15.3 Å². The minimum Gasteiger partial charge on any atom is -0.343 e. The van der Waals surface area contributed by atoms with Crippen LogP contribution in [-0.2, 0) is 4.79 Å². The van der Waals surface area contributed by atoms with Gasteiger partial charge < -0.3 is 4.90 Å². The van der Waals surface area contributed by atoms with E-state index < -0.39 is 0 Å². The van der Waals surface area contributed by atoms with Gasteiger partial charge in [0, 0.05) is 23.0 Å². The average Bonchev–Trinajstić information content (AvgIpc) is 3.17. The first kappa shape index (κ1) is 17.4. The number of para-hydroxylation sites is 1. The third kappa shape index (κ3) is 3.81. The van der Waals surface area contributed by atoms with E-state index in [9.17, 15) is 4.79 Å². The predicted molar refractivity (Wildman–Crippen MR) is 107 cm³/mol. The molecule has 5 heteroatoms. The number of anilines is 2. The van der Waals surface area contributed by atoms with Crippen LogP contribution in [-0.4, -0.2) is 19.0 Å². The Kier molecular flexibility index (Phi) is 5.31. The highest BCUT2D eigenvalue weighted by molar-refractivity contribution is 7.08. The number of aliphatic imine (C=N–C) groups is 1. The second kappa shape index (κ2) is 7.64. The summed E-state index contributed by atoms with van der Waals surface area (Å²) in [5.41, 5.74) is 4.81. The lowest BCUT2D eigenvalue weighted by Crippen LogP contribution is -2.14. The molecule has 3 nitrogen and oxygen atoms in total. The molecule has 0 unspecified atom stereocenters. The second-order valence-electron chi connectivity index (χ2n) is 5.61. The van der Waals surface area contributed by atoms with E-state index in [-0.39, 0.29) is 0 Å². The zero-order valence-electron chi connectivity index (χ0n) is 13.9. The van der Waals surface area contributed by atoms with Crippen LogP contribution in [0, 0.1) is 6.92 Å². The molecule has 0 aliphatic heterocycles. The van der Waals surface area contributed by atoms with Gasteiger partial charge in [-0.1, -0.05) is 29.8 Å². The monoisotopic (exact) mass is 368 g/mol. The Morgan fingerprint density at radius 2 is 2.00 bits per heavy atom. The Labute approximate surface area is 156 Å².